The number of carbonyl (C=O) groups excluding carboxylic acids is 1. The maximum Gasteiger partial charge on any atom is 0.345 e. The molecule has 8 nitrogen and oxygen atoms in total. The first-order valence-corrected chi connectivity index (χ1v) is 6.14. The number of esters is 1. The number of hydrogen-bond acceptors (Lipinski definition) is 5. The summed E-state index contributed by atoms with van der Waals surface area (Å²) in [7, 11) is 0. The monoisotopic (exact) mass is 300 g/mol. The lowest BCUT2D eigenvalue weighted by atomic mass is 10.2. The normalized spacial score (nSPS) is 9.82. The van der Waals surface area contributed by atoms with Crippen LogP contribution in [0, 0.1) is 15.5 Å². The second kappa shape index (κ2) is 6.35. The van der Waals surface area contributed by atoms with Gasteiger partial charge in [-0.3, -0.25) is 15.5 Å². The summed E-state index contributed by atoms with van der Waals surface area (Å²) >= 11 is 0. The molecule has 0 aliphatic carbocycles. The predicted molar refractivity (Wildman–Crippen MR) is 80.0 cm³/mol. The summed E-state index contributed by atoms with van der Waals surface area (Å²) in [6.07, 6.45) is 0. The Hall–Kier alpha value is -3.42. The Morgan fingerprint density at radius 2 is 1.82 bits per heavy atom. The molecule has 0 spiro atoms. The smallest absolute Gasteiger partial charge is 0.345 e. The molecule has 0 radical (unpaired) electrons. The number of guanidine groups is 1. The number of hydrogen-bond donors (Lipinski definition) is 3. The maximum absolute atomic E-state index is 12.2. The van der Waals surface area contributed by atoms with Crippen LogP contribution in [0.15, 0.2) is 48.5 Å². The van der Waals surface area contributed by atoms with Crippen LogP contribution in [-0.4, -0.2) is 16.9 Å². The van der Waals surface area contributed by atoms with Crippen LogP contribution in [0.5, 0.6) is 5.75 Å². The molecule has 2 rings (SSSR count). The lowest BCUT2D eigenvalue weighted by Gasteiger charge is -2.10. The Balaban J connectivity index is 2.31. The molecule has 0 unspecified atom stereocenters. The van der Waals surface area contributed by atoms with E-state index in [0.29, 0.717) is 0 Å². The number of benzene rings is 2. The van der Waals surface area contributed by atoms with Gasteiger partial charge < -0.3 is 15.8 Å². The zero-order valence-corrected chi connectivity index (χ0v) is 11.3. The molecule has 8 heteroatoms. The van der Waals surface area contributed by atoms with Crippen molar-refractivity contribution in [3.05, 3.63) is 64.2 Å². The fourth-order valence-corrected chi connectivity index (χ4v) is 1.76. The first kappa shape index (κ1) is 15.0. The number of nitro groups is 1. The van der Waals surface area contributed by atoms with E-state index >= 15 is 0 Å². The Morgan fingerprint density at radius 3 is 2.50 bits per heavy atom. The van der Waals surface area contributed by atoms with Gasteiger partial charge in [-0.2, -0.15) is 0 Å². The van der Waals surface area contributed by atoms with Gasteiger partial charge in [0.25, 0.3) is 0 Å². The standard InChI is InChI=1S/C14H12N4O4/c15-14(16)17-10-6-2-1-5-9(10)13(19)22-12-8-4-3-7-11(12)18(20)21/h1-8H,(H4,15,16,17). The fourth-order valence-electron chi connectivity index (χ4n) is 1.76. The molecule has 0 aliphatic rings. The second-order valence-corrected chi connectivity index (χ2v) is 4.20. The Bertz CT molecular complexity index is 745. The number of nitro benzene ring substituents is 1. The molecule has 0 aliphatic heterocycles. The van der Waals surface area contributed by atoms with Gasteiger partial charge >= 0.3 is 11.7 Å². The third-order valence-electron chi connectivity index (χ3n) is 2.68. The Labute approximate surface area is 125 Å². The van der Waals surface area contributed by atoms with Crippen molar-refractivity contribution >= 4 is 23.3 Å². The van der Waals surface area contributed by atoms with Crippen LogP contribution in [0.4, 0.5) is 11.4 Å². The van der Waals surface area contributed by atoms with E-state index in [2.05, 4.69) is 5.32 Å². The molecule has 0 heterocycles. The summed E-state index contributed by atoms with van der Waals surface area (Å²) in [6.45, 7) is 0. The fraction of sp³-hybridized carbons (Fsp3) is 0. The van der Waals surface area contributed by atoms with Crippen molar-refractivity contribution in [2.45, 2.75) is 0 Å². The van der Waals surface area contributed by atoms with E-state index in [9.17, 15) is 14.9 Å². The minimum absolute atomic E-state index is 0.107. The van der Waals surface area contributed by atoms with E-state index in [-0.39, 0.29) is 28.6 Å². The van der Waals surface area contributed by atoms with Crippen LogP contribution in [-0.2, 0) is 0 Å². The topological polar surface area (TPSA) is 131 Å². The lowest BCUT2D eigenvalue weighted by Crippen LogP contribution is -2.22. The molecule has 0 atom stereocenters. The number of anilines is 1. The van der Waals surface area contributed by atoms with E-state index in [0.717, 1.165) is 0 Å². The molecule has 4 N–H and O–H groups in total. The van der Waals surface area contributed by atoms with Crippen molar-refractivity contribution in [1.29, 1.82) is 5.41 Å². The van der Waals surface area contributed by atoms with Gasteiger partial charge in [-0.15, -0.1) is 0 Å². The summed E-state index contributed by atoms with van der Waals surface area (Å²) in [5, 5.41) is 20.6. The van der Waals surface area contributed by atoms with E-state index in [1.165, 1.54) is 36.4 Å². The van der Waals surface area contributed by atoms with E-state index < -0.39 is 10.9 Å². The molecular weight excluding hydrogens is 288 g/mol. The lowest BCUT2D eigenvalue weighted by molar-refractivity contribution is -0.385. The molecule has 0 aromatic heterocycles. The van der Waals surface area contributed by atoms with E-state index in [1.807, 2.05) is 0 Å². The van der Waals surface area contributed by atoms with Crippen LogP contribution in [0.2, 0.25) is 0 Å². The molecule has 0 saturated heterocycles. The third kappa shape index (κ3) is 3.37. The highest BCUT2D eigenvalue weighted by Crippen LogP contribution is 2.27. The zero-order valence-electron chi connectivity index (χ0n) is 11.3. The van der Waals surface area contributed by atoms with Gasteiger partial charge in [0.2, 0.25) is 5.75 Å². The molecule has 0 saturated carbocycles. The molecule has 2 aromatic carbocycles. The summed E-state index contributed by atoms with van der Waals surface area (Å²) < 4.78 is 5.08. The number of nitrogens with two attached hydrogens (primary N) is 1. The summed E-state index contributed by atoms with van der Waals surface area (Å²) in [6, 6.07) is 11.8. The van der Waals surface area contributed by atoms with Gasteiger partial charge in [0.15, 0.2) is 5.96 Å². The van der Waals surface area contributed by atoms with Gasteiger partial charge in [0, 0.05) is 6.07 Å². The maximum atomic E-state index is 12.2. The van der Waals surface area contributed by atoms with Gasteiger partial charge in [-0.1, -0.05) is 24.3 Å². The first-order valence-electron chi connectivity index (χ1n) is 6.14. The van der Waals surface area contributed by atoms with Crippen molar-refractivity contribution in [3.63, 3.8) is 0 Å². The van der Waals surface area contributed by atoms with E-state index in [1.54, 1.807) is 12.1 Å². The zero-order chi connectivity index (χ0) is 16.1. The predicted octanol–water partition coefficient (Wildman–Crippen LogP) is 2.12. The van der Waals surface area contributed by atoms with Crippen LogP contribution in [0.1, 0.15) is 10.4 Å². The first-order chi connectivity index (χ1) is 10.5. The van der Waals surface area contributed by atoms with Crippen molar-refractivity contribution in [2.75, 3.05) is 5.32 Å². The summed E-state index contributed by atoms with van der Waals surface area (Å²) in [4.78, 5) is 22.5. The highest BCUT2D eigenvalue weighted by Gasteiger charge is 2.20. The molecule has 0 fully saturated rings. The molecular formula is C14H12N4O4. The number of ether oxygens (including phenoxy) is 1. The molecule has 22 heavy (non-hydrogen) atoms. The van der Waals surface area contributed by atoms with Crippen molar-refractivity contribution in [1.82, 2.24) is 0 Å². The highest BCUT2D eigenvalue weighted by molar-refractivity contribution is 6.01. The SMILES string of the molecule is N=C(N)Nc1ccccc1C(=O)Oc1ccccc1[N+](=O)[O-]. The average molecular weight is 300 g/mol. The summed E-state index contributed by atoms with van der Waals surface area (Å²) in [5.41, 5.74) is 5.31. The molecule has 0 amide bonds. The third-order valence-corrected chi connectivity index (χ3v) is 2.68. The minimum Gasteiger partial charge on any atom is -0.415 e. The highest BCUT2D eigenvalue weighted by atomic mass is 16.6. The van der Waals surface area contributed by atoms with E-state index in [4.69, 9.17) is 15.9 Å². The van der Waals surface area contributed by atoms with Crippen molar-refractivity contribution < 1.29 is 14.5 Å². The Morgan fingerprint density at radius 1 is 1.18 bits per heavy atom. The number of nitrogens with zero attached hydrogens (tertiary/aromatic N) is 1. The number of nitrogens with one attached hydrogen (secondary N) is 2. The molecule has 112 valence electrons. The number of rotatable bonds is 4. The molecule has 0 bridgehead atoms. The quantitative estimate of drug-likeness (QED) is 0.198. The number of carbonyl (C=O) groups is 1. The van der Waals surface area contributed by atoms with Crippen LogP contribution in [0.3, 0.4) is 0 Å². The average Bonchev–Trinajstić information content (AvgIpc) is 2.47. The van der Waals surface area contributed by atoms with Gasteiger partial charge in [0.05, 0.1) is 16.2 Å². The second-order valence-electron chi connectivity index (χ2n) is 4.20. The van der Waals surface area contributed by atoms with Crippen LogP contribution in [0.25, 0.3) is 0 Å². The molecule has 2 aromatic rings. The summed E-state index contributed by atoms with van der Waals surface area (Å²) in [5.74, 6) is -1.29. The minimum atomic E-state index is -0.793. The van der Waals surface area contributed by atoms with Crippen molar-refractivity contribution in [3.8, 4) is 5.75 Å². The van der Waals surface area contributed by atoms with Gasteiger partial charge in [-0.05, 0) is 18.2 Å². The van der Waals surface area contributed by atoms with Crippen LogP contribution < -0.4 is 15.8 Å². The number of para-hydroxylation sites is 3. The van der Waals surface area contributed by atoms with Gasteiger partial charge in [0.1, 0.15) is 0 Å². The van der Waals surface area contributed by atoms with Crippen LogP contribution >= 0.6 is 0 Å². The van der Waals surface area contributed by atoms with Crippen molar-refractivity contribution in [2.24, 2.45) is 5.73 Å². The largest absolute Gasteiger partial charge is 0.415 e. The Kier molecular flexibility index (Phi) is 4.33. The van der Waals surface area contributed by atoms with Gasteiger partial charge in [-0.25, -0.2) is 4.79 Å².